The summed E-state index contributed by atoms with van der Waals surface area (Å²) < 4.78 is 5.45. The topological polar surface area (TPSA) is 58.6 Å². The number of carbonyl (C=O) groups is 1. The van der Waals surface area contributed by atoms with Gasteiger partial charge in [-0.05, 0) is 31.4 Å². The zero-order valence-electron chi connectivity index (χ0n) is 10.5. The largest absolute Gasteiger partial charge is 0.483 e. The number of nitrogens with one attached hydrogen (secondary N) is 1. The lowest BCUT2D eigenvalue weighted by Gasteiger charge is -2.13. The molecule has 0 spiro atoms. The van der Waals surface area contributed by atoms with Gasteiger partial charge in [0.1, 0.15) is 12.0 Å². The summed E-state index contributed by atoms with van der Waals surface area (Å²) in [6.45, 7) is 5.57. The summed E-state index contributed by atoms with van der Waals surface area (Å²) in [5, 5.41) is 11.7. The Morgan fingerprint density at radius 2 is 2.00 bits per heavy atom. The van der Waals surface area contributed by atoms with E-state index in [1.165, 1.54) is 0 Å². The highest BCUT2D eigenvalue weighted by Gasteiger charge is 2.09. The van der Waals surface area contributed by atoms with Gasteiger partial charge >= 0.3 is 0 Å². The molecule has 0 fully saturated rings. The van der Waals surface area contributed by atoms with E-state index in [4.69, 9.17) is 4.74 Å². The standard InChI is InChI=1S/C13H19NO3/c1-4-11(15)14-12(16)8-17-13-9(2)6-5-7-10(13)3/h5-7,11,15H,4,8H2,1-3H3,(H,14,16). The number of hydrogen-bond donors (Lipinski definition) is 2. The van der Waals surface area contributed by atoms with Gasteiger partial charge in [-0.15, -0.1) is 0 Å². The monoisotopic (exact) mass is 237 g/mol. The molecule has 1 unspecified atom stereocenters. The lowest BCUT2D eigenvalue weighted by molar-refractivity contribution is -0.126. The van der Waals surface area contributed by atoms with Gasteiger partial charge in [-0.2, -0.15) is 0 Å². The summed E-state index contributed by atoms with van der Waals surface area (Å²) in [5.74, 6) is 0.413. The van der Waals surface area contributed by atoms with E-state index >= 15 is 0 Å². The van der Waals surface area contributed by atoms with E-state index in [1.807, 2.05) is 32.0 Å². The first kappa shape index (κ1) is 13.5. The van der Waals surface area contributed by atoms with E-state index < -0.39 is 6.23 Å². The Morgan fingerprint density at radius 3 is 2.53 bits per heavy atom. The fourth-order valence-corrected chi connectivity index (χ4v) is 1.49. The summed E-state index contributed by atoms with van der Waals surface area (Å²) in [5.41, 5.74) is 1.99. The number of benzene rings is 1. The fraction of sp³-hybridized carbons (Fsp3) is 0.462. The van der Waals surface area contributed by atoms with Gasteiger partial charge < -0.3 is 15.2 Å². The zero-order chi connectivity index (χ0) is 12.8. The Balaban J connectivity index is 2.53. The fourth-order valence-electron chi connectivity index (χ4n) is 1.49. The van der Waals surface area contributed by atoms with Gasteiger partial charge in [-0.3, -0.25) is 4.79 Å². The Bertz CT molecular complexity index is 370. The van der Waals surface area contributed by atoms with Crippen molar-refractivity contribution in [2.45, 2.75) is 33.4 Å². The van der Waals surface area contributed by atoms with Crippen molar-refractivity contribution in [3.8, 4) is 5.75 Å². The van der Waals surface area contributed by atoms with Crippen LogP contribution in [0.5, 0.6) is 5.75 Å². The van der Waals surface area contributed by atoms with Crippen LogP contribution in [0.3, 0.4) is 0 Å². The van der Waals surface area contributed by atoms with Gasteiger partial charge in [0.25, 0.3) is 5.91 Å². The molecule has 0 aliphatic heterocycles. The van der Waals surface area contributed by atoms with E-state index in [0.29, 0.717) is 6.42 Å². The predicted octanol–water partition coefficient (Wildman–Crippen LogP) is 1.53. The minimum absolute atomic E-state index is 0.0806. The first-order valence-electron chi connectivity index (χ1n) is 5.71. The predicted molar refractivity (Wildman–Crippen MR) is 65.9 cm³/mol. The minimum atomic E-state index is -0.802. The molecule has 0 heterocycles. The van der Waals surface area contributed by atoms with E-state index in [9.17, 15) is 9.90 Å². The molecule has 2 N–H and O–H groups in total. The Kier molecular flexibility index (Phi) is 4.97. The number of carbonyl (C=O) groups excluding carboxylic acids is 1. The van der Waals surface area contributed by atoms with Crippen LogP contribution in [0.15, 0.2) is 18.2 Å². The summed E-state index contributed by atoms with van der Waals surface area (Å²) in [6.07, 6.45) is -0.321. The van der Waals surface area contributed by atoms with Gasteiger partial charge in [-0.1, -0.05) is 25.1 Å². The van der Waals surface area contributed by atoms with Crippen LogP contribution in [0, 0.1) is 13.8 Å². The van der Waals surface area contributed by atoms with Crippen LogP contribution < -0.4 is 10.1 Å². The maximum absolute atomic E-state index is 11.4. The maximum Gasteiger partial charge on any atom is 0.259 e. The van der Waals surface area contributed by atoms with E-state index in [0.717, 1.165) is 16.9 Å². The van der Waals surface area contributed by atoms with E-state index in [2.05, 4.69) is 5.32 Å². The summed E-state index contributed by atoms with van der Waals surface area (Å²) in [4.78, 5) is 11.4. The number of para-hydroxylation sites is 1. The number of ether oxygens (including phenoxy) is 1. The summed E-state index contributed by atoms with van der Waals surface area (Å²) in [7, 11) is 0. The molecule has 0 aliphatic carbocycles. The molecule has 0 aromatic heterocycles. The average Bonchev–Trinajstić information content (AvgIpc) is 2.28. The van der Waals surface area contributed by atoms with Crippen molar-refractivity contribution >= 4 is 5.91 Å². The van der Waals surface area contributed by atoms with Gasteiger partial charge in [-0.25, -0.2) is 0 Å². The molecule has 1 rings (SSSR count). The normalized spacial score (nSPS) is 12.0. The van der Waals surface area contributed by atoms with Crippen LogP contribution in [-0.2, 0) is 4.79 Å². The molecule has 4 nitrogen and oxygen atoms in total. The molecule has 1 atom stereocenters. The third kappa shape index (κ3) is 4.07. The van der Waals surface area contributed by atoms with Crippen molar-refractivity contribution in [3.05, 3.63) is 29.3 Å². The quantitative estimate of drug-likeness (QED) is 0.763. The highest BCUT2D eigenvalue weighted by atomic mass is 16.5. The molecule has 1 amide bonds. The first-order valence-corrected chi connectivity index (χ1v) is 5.71. The number of rotatable bonds is 5. The number of aliphatic hydroxyl groups is 1. The highest BCUT2D eigenvalue weighted by Crippen LogP contribution is 2.21. The Hall–Kier alpha value is -1.55. The number of aryl methyl sites for hydroxylation is 2. The average molecular weight is 237 g/mol. The number of hydrogen-bond acceptors (Lipinski definition) is 3. The van der Waals surface area contributed by atoms with Gasteiger partial charge in [0.2, 0.25) is 0 Å². The van der Waals surface area contributed by atoms with Crippen molar-refractivity contribution < 1.29 is 14.6 Å². The minimum Gasteiger partial charge on any atom is -0.483 e. The van der Waals surface area contributed by atoms with Crippen LogP contribution >= 0.6 is 0 Å². The SMILES string of the molecule is CCC(O)NC(=O)COc1c(C)cccc1C. The molecular weight excluding hydrogens is 218 g/mol. The van der Waals surface area contributed by atoms with Crippen LogP contribution in [0.4, 0.5) is 0 Å². The van der Waals surface area contributed by atoms with E-state index in [1.54, 1.807) is 6.92 Å². The molecule has 1 aromatic rings. The van der Waals surface area contributed by atoms with Gasteiger partial charge in [0.05, 0.1) is 0 Å². The van der Waals surface area contributed by atoms with Crippen molar-refractivity contribution in [1.82, 2.24) is 5.32 Å². The van der Waals surface area contributed by atoms with Crippen LogP contribution in [-0.4, -0.2) is 23.8 Å². The third-order valence-electron chi connectivity index (χ3n) is 2.47. The first-order chi connectivity index (χ1) is 8.04. The summed E-state index contributed by atoms with van der Waals surface area (Å²) >= 11 is 0. The summed E-state index contributed by atoms with van der Waals surface area (Å²) in [6, 6.07) is 5.81. The zero-order valence-corrected chi connectivity index (χ0v) is 10.5. The highest BCUT2D eigenvalue weighted by molar-refractivity contribution is 5.77. The third-order valence-corrected chi connectivity index (χ3v) is 2.47. The number of aliphatic hydroxyl groups excluding tert-OH is 1. The second kappa shape index (κ2) is 6.25. The Morgan fingerprint density at radius 1 is 1.41 bits per heavy atom. The molecule has 0 radical (unpaired) electrons. The molecule has 0 saturated heterocycles. The van der Waals surface area contributed by atoms with Gasteiger partial charge in [0, 0.05) is 0 Å². The maximum atomic E-state index is 11.4. The van der Waals surface area contributed by atoms with Crippen LogP contribution in [0.1, 0.15) is 24.5 Å². The van der Waals surface area contributed by atoms with Crippen LogP contribution in [0.25, 0.3) is 0 Å². The van der Waals surface area contributed by atoms with Crippen LogP contribution in [0.2, 0.25) is 0 Å². The van der Waals surface area contributed by atoms with E-state index in [-0.39, 0.29) is 12.5 Å². The lowest BCUT2D eigenvalue weighted by atomic mass is 10.1. The molecule has 17 heavy (non-hydrogen) atoms. The second-order valence-electron chi connectivity index (χ2n) is 4.00. The smallest absolute Gasteiger partial charge is 0.259 e. The molecule has 1 aromatic carbocycles. The number of amides is 1. The van der Waals surface area contributed by atoms with Crippen molar-refractivity contribution in [2.24, 2.45) is 0 Å². The lowest BCUT2D eigenvalue weighted by Crippen LogP contribution is -2.37. The molecule has 94 valence electrons. The second-order valence-corrected chi connectivity index (χ2v) is 4.00. The van der Waals surface area contributed by atoms with Crippen molar-refractivity contribution in [2.75, 3.05) is 6.61 Å². The Labute approximate surface area is 102 Å². The molecule has 0 bridgehead atoms. The van der Waals surface area contributed by atoms with Crippen molar-refractivity contribution in [3.63, 3.8) is 0 Å². The molecular formula is C13H19NO3. The van der Waals surface area contributed by atoms with Gasteiger partial charge in [0.15, 0.2) is 6.61 Å². The molecule has 4 heteroatoms. The molecule has 0 aliphatic rings. The van der Waals surface area contributed by atoms with Crippen molar-refractivity contribution in [1.29, 1.82) is 0 Å². The molecule has 0 saturated carbocycles.